The number of aromatic amines is 1. The maximum Gasteiger partial charge on any atom is 0.330 e. The number of carboxylic acid groups (broad SMARTS) is 1. The fourth-order valence-corrected chi connectivity index (χ4v) is 11.7. The summed E-state index contributed by atoms with van der Waals surface area (Å²) in [5.74, 6) is -12.9. The normalized spacial score (nSPS) is 18.2. The summed E-state index contributed by atoms with van der Waals surface area (Å²) >= 11 is 38.0. The second-order valence-corrected chi connectivity index (χ2v) is 23.1. The predicted octanol–water partition coefficient (Wildman–Crippen LogP) is 9.20. The van der Waals surface area contributed by atoms with E-state index in [0.29, 0.717) is 16.5 Å². The van der Waals surface area contributed by atoms with E-state index < -0.39 is 133 Å². The summed E-state index contributed by atoms with van der Waals surface area (Å²) in [6, 6.07) is 15.0. The highest BCUT2D eigenvalue weighted by Crippen LogP contribution is 2.45. The van der Waals surface area contributed by atoms with Crippen molar-refractivity contribution in [3.8, 4) is 51.4 Å². The lowest BCUT2D eigenvalue weighted by molar-refractivity contribution is -0.145. The maximum atomic E-state index is 15.8. The highest BCUT2D eigenvalue weighted by molar-refractivity contribution is 6.45. The molecular weight excluding hydrogens is 1280 g/mol. The number of amides is 6. The fraction of sp³-hybridized carbons (Fsp3) is 0.148. The van der Waals surface area contributed by atoms with Crippen LogP contribution in [0.4, 0.5) is 0 Å². The van der Waals surface area contributed by atoms with Gasteiger partial charge >= 0.3 is 5.97 Å². The largest absolute Gasteiger partial charge is 0.508 e. The van der Waals surface area contributed by atoms with Gasteiger partial charge in [-0.05, 0) is 107 Å². The number of phenolic OH excluding ortho intramolecular Hbond substituents is 5. The van der Waals surface area contributed by atoms with E-state index in [0.717, 1.165) is 41.3 Å². The van der Waals surface area contributed by atoms with Gasteiger partial charge in [0.25, 0.3) is 5.91 Å². The third-order valence-electron chi connectivity index (χ3n) is 14.8. The number of ether oxygens (including phenoxy) is 1. The first-order valence-electron chi connectivity index (χ1n) is 26.4. The van der Waals surface area contributed by atoms with Crippen molar-refractivity contribution in [2.45, 2.75) is 49.1 Å². The molecule has 8 aromatic rings. The van der Waals surface area contributed by atoms with Crippen molar-refractivity contribution in [1.29, 1.82) is 0 Å². The number of phenols is 5. The van der Waals surface area contributed by atoms with Crippen LogP contribution in [-0.2, 0) is 46.4 Å². The molecule has 1 aromatic heterocycles. The Hall–Kier alpha value is -9.42. The van der Waals surface area contributed by atoms with Gasteiger partial charge in [0, 0.05) is 47.7 Å². The van der Waals surface area contributed by atoms with Crippen LogP contribution in [0.25, 0.3) is 22.0 Å². The number of ketones is 1. The molecule has 7 bridgehead atoms. The van der Waals surface area contributed by atoms with Crippen LogP contribution in [0.3, 0.4) is 0 Å². The van der Waals surface area contributed by atoms with Crippen molar-refractivity contribution in [2.24, 2.45) is 0 Å². The predicted molar refractivity (Wildman–Crippen MR) is 326 cm³/mol. The molecule has 6 atom stereocenters. The lowest BCUT2D eigenvalue weighted by Gasteiger charge is -2.33. The molecule has 22 nitrogen and oxygen atoms in total. The monoisotopic (exact) mass is 1330 g/mol. The number of carbonyl (C=O) groups excluding carboxylic acids is 7. The number of rotatable bonds is 9. The summed E-state index contributed by atoms with van der Waals surface area (Å²) in [5, 5.41) is 75.2. The summed E-state index contributed by atoms with van der Waals surface area (Å²) in [6.45, 7) is 0. The highest BCUT2D eigenvalue weighted by atomic mass is 35.5. The lowest BCUT2D eigenvalue weighted by Crippen LogP contribution is -2.54. The zero-order chi connectivity index (χ0) is 64.0. The first-order valence-corrected chi connectivity index (χ1v) is 28.7. The number of likely N-dealkylation sites (N-methyl/N-ethyl adjacent to an activating group) is 1. The Kier molecular flexibility index (Phi) is 17.8. The zero-order valence-electron chi connectivity index (χ0n) is 45.5. The topological polar surface area (TPSA) is 346 Å². The van der Waals surface area contributed by atoms with Crippen molar-refractivity contribution in [2.75, 3.05) is 7.05 Å². The number of hydrogen-bond donors (Lipinski definition) is 12. The number of nitrogens with one attached hydrogen (secondary N) is 6. The second kappa shape index (κ2) is 25.4. The molecule has 0 spiro atoms. The molecule has 1 unspecified atom stereocenters. The van der Waals surface area contributed by atoms with Gasteiger partial charge in [-0.1, -0.05) is 112 Å². The molecule has 0 fully saturated rings. The number of carboxylic acids is 1. The molecule has 2 aliphatic rings. The maximum absolute atomic E-state index is 15.8. The summed E-state index contributed by atoms with van der Waals surface area (Å²) in [5.41, 5.74) is 0.0110. The quantitative estimate of drug-likeness (QED) is 0.0473. The Morgan fingerprint density at radius 1 is 0.596 bits per heavy atom. The highest BCUT2D eigenvalue weighted by Gasteiger charge is 2.40. The van der Waals surface area contributed by atoms with Crippen molar-refractivity contribution in [3.05, 3.63) is 191 Å². The first kappa shape index (κ1) is 62.6. The van der Waals surface area contributed by atoms with E-state index in [1.165, 1.54) is 61.6 Å². The number of carbonyl (C=O) groups is 8. The van der Waals surface area contributed by atoms with E-state index in [1.807, 2.05) is 0 Å². The summed E-state index contributed by atoms with van der Waals surface area (Å²) in [4.78, 5) is 121. The van der Waals surface area contributed by atoms with E-state index in [1.54, 1.807) is 30.3 Å². The lowest BCUT2D eigenvalue weighted by atomic mass is 9.95. The van der Waals surface area contributed by atoms with E-state index in [2.05, 4.69) is 31.6 Å². The third-order valence-corrected chi connectivity index (χ3v) is 16.5. The van der Waals surface area contributed by atoms with Crippen molar-refractivity contribution in [1.82, 2.24) is 36.5 Å². The molecule has 89 heavy (non-hydrogen) atoms. The number of halogens is 6. The molecular formula is C61H45Cl6N7O15. The fourth-order valence-electron chi connectivity index (χ4n) is 10.2. The SMILES string of the molecule is CN1C(=O)[C@@H](c2cc(Cl)c(O)c(Cl)c2)NC(=O)[C@@H]2NC(=O)[C@H](c3cc(Cl)c(O)c(Cl)c3)NC(=O)[C@H](NC(=O)C(=O)c3cc(Cl)c(O)c(Cl)c3)Cc3cc4cccc(c4[nH]3)-c3cc2cc(c3O)Oc2cccc(c2)C[C@H]1C(=O)NC(C(=O)O)c1ccc(O)cc1. The van der Waals surface area contributed by atoms with Gasteiger partial charge in [0.05, 0.1) is 35.7 Å². The molecule has 0 radical (unpaired) electrons. The number of hydrogen-bond acceptors (Lipinski definition) is 14. The number of aromatic hydroxyl groups is 5. The van der Waals surface area contributed by atoms with Gasteiger partial charge in [0.1, 0.15) is 41.7 Å². The van der Waals surface area contributed by atoms with Crippen LogP contribution in [0.5, 0.6) is 40.2 Å². The van der Waals surface area contributed by atoms with E-state index in [-0.39, 0.29) is 78.4 Å². The van der Waals surface area contributed by atoms with Crippen LogP contribution < -0.4 is 31.3 Å². The van der Waals surface area contributed by atoms with Crippen LogP contribution in [0.2, 0.25) is 30.1 Å². The molecule has 2 aliphatic heterocycles. The molecule has 12 N–H and O–H groups in total. The number of aliphatic carboxylic acids is 1. The molecule has 28 heteroatoms. The minimum Gasteiger partial charge on any atom is -0.508 e. The minimum absolute atomic E-state index is 0.00556. The van der Waals surface area contributed by atoms with Gasteiger partial charge in [-0.25, -0.2) is 4.79 Å². The molecule has 0 aliphatic carbocycles. The Morgan fingerprint density at radius 2 is 1.13 bits per heavy atom. The molecule has 0 saturated carbocycles. The number of nitrogens with zero attached hydrogens (tertiary/aromatic N) is 1. The Balaban J connectivity index is 1.17. The first-order chi connectivity index (χ1) is 42.2. The number of fused-ring (bicyclic) bond motifs is 6. The van der Waals surface area contributed by atoms with Crippen LogP contribution in [-0.4, -0.2) is 107 Å². The molecule has 7 aromatic carbocycles. The van der Waals surface area contributed by atoms with Gasteiger partial charge in [-0.3, -0.25) is 33.6 Å². The summed E-state index contributed by atoms with van der Waals surface area (Å²) < 4.78 is 6.47. The van der Waals surface area contributed by atoms with Crippen molar-refractivity contribution >= 4 is 128 Å². The van der Waals surface area contributed by atoms with Crippen LogP contribution in [0.15, 0.2) is 121 Å². The van der Waals surface area contributed by atoms with Crippen LogP contribution in [0, 0.1) is 0 Å². The Labute approximate surface area is 532 Å². The van der Waals surface area contributed by atoms with Gasteiger partial charge in [0.15, 0.2) is 34.8 Å². The number of aromatic nitrogens is 1. The van der Waals surface area contributed by atoms with E-state index in [4.69, 9.17) is 74.3 Å². The standard InChI is InChI=1S/C61H45Cl6N7O15/c1-74-43(56(82)73-49(61(87)88)25-8-10-32(75)11-9-25)13-24-4-2-6-33(12-24)89-44-22-27-15-35(51(44)77)34-7-3-5-26-14-31(68-45(26)34)23-42(69-59(85)50(76)30-20-40(66)54(80)41(67)21-30)55(81)70-47(28-16-36(62)52(78)37(63)17-28)57(83)71-46(27)58(84)72-48(60(74)86)29-18-38(64)53(79)39(65)19-29/h2-12,14-22,42-43,46-49,68,75,77-80H,13,23H2,1H3,(H,69,85)(H,70,81)(H,71,83)(H,72,84)(H,73,82)(H,87,88)/t42-,43+,46-,47+,48-,49?/m1/s1. The minimum atomic E-state index is -2.08. The molecule has 0 saturated heterocycles. The van der Waals surface area contributed by atoms with Gasteiger partial charge < -0.3 is 71.8 Å². The second-order valence-electron chi connectivity index (χ2n) is 20.6. The van der Waals surface area contributed by atoms with Gasteiger partial charge in [-0.2, -0.15) is 0 Å². The molecule has 456 valence electrons. The van der Waals surface area contributed by atoms with Crippen LogP contribution >= 0.6 is 69.6 Å². The van der Waals surface area contributed by atoms with E-state index in [9.17, 15) is 49.8 Å². The molecule has 3 heterocycles. The average molecular weight is 1330 g/mol. The van der Waals surface area contributed by atoms with Crippen LogP contribution in [0.1, 0.15) is 68.0 Å². The van der Waals surface area contributed by atoms with Crippen molar-refractivity contribution in [3.63, 3.8) is 0 Å². The smallest absolute Gasteiger partial charge is 0.330 e. The zero-order valence-corrected chi connectivity index (χ0v) is 50.0. The number of H-pyrrole nitrogens is 1. The van der Waals surface area contributed by atoms with E-state index >= 15 is 19.2 Å². The summed E-state index contributed by atoms with van der Waals surface area (Å²) in [7, 11) is 1.18. The third kappa shape index (κ3) is 13.0. The Morgan fingerprint density at radius 3 is 1.73 bits per heavy atom. The van der Waals surface area contributed by atoms with Gasteiger partial charge in [0.2, 0.25) is 35.3 Å². The van der Waals surface area contributed by atoms with Crippen molar-refractivity contribution < 1.29 is 73.7 Å². The molecule has 10 rings (SSSR count). The molecule has 6 amide bonds. The Bertz CT molecular complexity index is 4230. The number of para-hydroxylation sites is 1. The number of Topliss-reactive ketones (excluding diaryl/α,β-unsaturated/α-hetero) is 1. The number of benzene rings is 7. The summed E-state index contributed by atoms with van der Waals surface area (Å²) in [6.07, 6.45) is -0.820. The average Bonchev–Trinajstić information content (AvgIpc) is 2.18. The van der Waals surface area contributed by atoms with Gasteiger partial charge in [-0.15, -0.1) is 0 Å².